The largest absolute Gasteiger partial charge is 0.497 e. The number of hydrogen-bond acceptors (Lipinski definition) is 2. The quantitative estimate of drug-likeness (QED) is 0.898. The normalized spacial score (nSPS) is 10.6. The highest BCUT2D eigenvalue weighted by atomic mass is 19.2. The molecule has 0 aliphatic heterocycles. The number of hydrogen-bond donors (Lipinski definition) is 1. The molecule has 2 nitrogen and oxygen atoms in total. The van der Waals surface area contributed by atoms with Crippen LogP contribution in [-0.2, 0) is 6.54 Å². The molecule has 0 bridgehead atoms. The molecule has 0 unspecified atom stereocenters. The topological polar surface area (TPSA) is 21.3 Å². The van der Waals surface area contributed by atoms with Gasteiger partial charge in [-0.1, -0.05) is 25.1 Å². The Labute approximate surface area is 117 Å². The van der Waals surface area contributed by atoms with E-state index in [1.807, 2.05) is 13.0 Å². The lowest BCUT2D eigenvalue weighted by Crippen LogP contribution is -2.12. The molecular formula is C16H17F2NO. The predicted molar refractivity (Wildman–Crippen MR) is 75.7 cm³/mol. The van der Waals surface area contributed by atoms with Gasteiger partial charge >= 0.3 is 0 Å². The lowest BCUT2D eigenvalue weighted by atomic mass is 9.98. The van der Waals surface area contributed by atoms with Gasteiger partial charge in [-0.2, -0.15) is 0 Å². The van der Waals surface area contributed by atoms with Gasteiger partial charge in [0.2, 0.25) is 0 Å². The fraction of sp³-hybridized carbons (Fsp3) is 0.250. The van der Waals surface area contributed by atoms with Crippen molar-refractivity contribution in [3.63, 3.8) is 0 Å². The molecule has 0 heterocycles. The van der Waals surface area contributed by atoms with E-state index in [1.165, 1.54) is 6.07 Å². The first-order chi connectivity index (χ1) is 9.67. The van der Waals surface area contributed by atoms with Crippen molar-refractivity contribution in [2.45, 2.75) is 13.5 Å². The molecule has 1 N–H and O–H groups in total. The molecule has 0 saturated heterocycles. The third-order valence-electron chi connectivity index (χ3n) is 3.12. The first kappa shape index (κ1) is 14.5. The van der Waals surface area contributed by atoms with Crippen LogP contribution in [-0.4, -0.2) is 13.7 Å². The van der Waals surface area contributed by atoms with E-state index in [9.17, 15) is 8.78 Å². The summed E-state index contributed by atoms with van der Waals surface area (Å²) in [6.45, 7) is 3.35. The highest BCUT2D eigenvalue weighted by Gasteiger charge is 2.13. The molecular weight excluding hydrogens is 260 g/mol. The van der Waals surface area contributed by atoms with Crippen molar-refractivity contribution in [1.29, 1.82) is 0 Å². The van der Waals surface area contributed by atoms with E-state index < -0.39 is 11.6 Å². The lowest BCUT2D eigenvalue weighted by molar-refractivity contribution is 0.414. The van der Waals surface area contributed by atoms with E-state index in [-0.39, 0.29) is 5.56 Å². The molecule has 0 radical (unpaired) electrons. The van der Waals surface area contributed by atoms with Gasteiger partial charge in [0, 0.05) is 12.1 Å². The molecule has 0 saturated carbocycles. The van der Waals surface area contributed by atoms with E-state index in [1.54, 1.807) is 25.3 Å². The third kappa shape index (κ3) is 2.96. The molecule has 0 spiro atoms. The van der Waals surface area contributed by atoms with Crippen molar-refractivity contribution in [3.05, 3.63) is 53.6 Å². The Hall–Kier alpha value is -1.94. The summed E-state index contributed by atoms with van der Waals surface area (Å²) in [6, 6.07) is 9.54. The van der Waals surface area contributed by atoms with Gasteiger partial charge in [-0.3, -0.25) is 0 Å². The van der Waals surface area contributed by atoms with Crippen molar-refractivity contribution in [1.82, 2.24) is 5.32 Å². The second-order valence-corrected chi connectivity index (χ2v) is 4.40. The van der Waals surface area contributed by atoms with Gasteiger partial charge in [0.25, 0.3) is 0 Å². The minimum absolute atomic E-state index is 0.264. The van der Waals surface area contributed by atoms with Gasteiger partial charge in [-0.05, 0) is 35.9 Å². The van der Waals surface area contributed by atoms with Crippen LogP contribution < -0.4 is 10.1 Å². The van der Waals surface area contributed by atoms with Crippen molar-refractivity contribution >= 4 is 0 Å². The molecule has 0 atom stereocenters. The van der Waals surface area contributed by atoms with E-state index >= 15 is 0 Å². The van der Waals surface area contributed by atoms with Gasteiger partial charge in [0.05, 0.1) is 7.11 Å². The molecule has 4 heteroatoms. The van der Waals surface area contributed by atoms with Crippen LogP contribution in [0.3, 0.4) is 0 Å². The number of ether oxygens (including phenoxy) is 1. The third-order valence-corrected chi connectivity index (χ3v) is 3.12. The second-order valence-electron chi connectivity index (χ2n) is 4.40. The minimum atomic E-state index is -0.840. The number of methoxy groups -OCH3 is 1. The summed E-state index contributed by atoms with van der Waals surface area (Å²) in [7, 11) is 1.58. The Morgan fingerprint density at radius 1 is 1.10 bits per heavy atom. The fourth-order valence-corrected chi connectivity index (χ4v) is 2.08. The SMILES string of the molecule is CCNCc1cc(OC)ccc1-c1cccc(F)c1F. The summed E-state index contributed by atoms with van der Waals surface area (Å²) >= 11 is 0. The molecule has 2 aromatic rings. The van der Waals surface area contributed by atoms with Crippen LogP contribution in [0, 0.1) is 11.6 Å². The fourth-order valence-electron chi connectivity index (χ4n) is 2.08. The molecule has 0 aliphatic carbocycles. The van der Waals surface area contributed by atoms with Crippen LogP contribution in [0.15, 0.2) is 36.4 Å². The van der Waals surface area contributed by atoms with Crippen molar-refractivity contribution in [2.75, 3.05) is 13.7 Å². The Kier molecular flexibility index (Phi) is 4.69. The number of rotatable bonds is 5. The van der Waals surface area contributed by atoms with Crippen molar-refractivity contribution in [2.24, 2.45) is 0 Å². The van der Waals surface area contributed by atoms with Crippen LogP contribution in [0.2, 0.25) is 0 Å². The zero-order chi connectivity index (χ0) is 14.5. The van der Waals surface area contributed by atoms with E-state index in [2.05, 4.69) is 5.32 Å². The van der Waals surface area contributed by atoms with E-state index in [0.717, 1.165) is 18.2 Å². The highest BCUT2D eigenvalue weighted by Crippen LogP contribution is 2.30. The number of benzene rings is 2. The van der Waals surface area contributed by atoms with Crippen LogP contribution in [0.4, 0.5) is 8.78 Å². The van der Waals surface area contributed by atoms with Crippen molar-refractivity contribution in [3.8, 4) is 16.9 Å². The van der Waals surface area contributed by atoms with Gasteiger partial charge < -0.3 is 10.1 Å². The summed E-state index contributed by atoms with van der Waals surface area (Å²) < 4.78 is 32.5. The Bertz CT molecular complexity index is 599. The molecule has 106 valence electrons. The average Bonchev–Trinajstić information content (AvgIpc) is 2.48. The minimum Gasteiger partial charge on any atom is -0.497 e. The lowest BCUT2D eigenvalue weighted by Gasteiger charge is -2.13. The maximum absolute atomic E-state index is 13.9. The van der Waals surface area contributed by atoms with Crippen LogP contribution in [0.5, 0.6) is 5.75 Å². The summed E-state index contributed by atoms with van der Waals surface area (Å²) in [6.07, 6.45) is 0. The van der Waals surface area contributed by atoms with Crippen LogP contribution >= 0.6 is 0 Å². The molecule has 20 heavy (non-hydrogen) atoms. The second kappa shape index (κ2) is 6.48. The Balaban J connectivity index is 2.51. The standard InChI is InChI=1S/C16H17F2NO/c1-3-19-10-11-9-12(20-2)7-8-13(11)14-5-4-6-15(17)16(14)18/h4-9,19H,3,10H2,1-2H3. The summed E-state index contributed by atoms with van der Waals surface area (Å²) in [5.74, 6) is -0.971. The first-order valence-electron chi connectivity index (χ1n) is 6.49. The summed E-state index contributed by atoms with van der Waals surface area (Å²) in [5, 5.41) is 3.19. The molecule has 0 amide bonds. The highest BCUT2D eigenvalue weighted by molar-refractivity contribution is 5.69. The number of nitrogens with one attached hydrogen (secondary N) is 1. The van der Waals surface area contributed by atoms with Crippen molar-refractivity contribution < 1.29 is 13.5 Å². The maximum atomic E-state index is 13.9. The molecule has 0 fully saturated rings. The summed E-state index contributed by atoms with van der Waals surface area (Å²) in [4.78, 5) is 0. The molecule has 0 aromatic heterocycles. The maximum Gasteiger partial charge on any atom is 0.166 e. The Morgan fingerprint density at radius 2 is 1.90 bits per heavy atom. The molecule has 2 aromatic carbocycles. The monoisotopic (exact) mass is 277 g/mol. The Morgan fingerprint density at radius 3 is 2.60 bits per heavy atom. The smallest absolute Gasteiger partial charge is 0.166 e. The molecule has 0 aliphatic rings. The van der Waals surface area contributed by atoms with E-state index in [4.69, 9.17) is 4.74 Å². The van der Waals surface area contributed by atoms with Crippen LogP contribution in [0.1, 0.15) is 12.5 Å². The van der Waals surface area contributed by atoms with Gasteiger partial charge in [0.1, 0.15) is 5.75 Å². The number of halogens is 2. The van der Waals surface area contributed by atoms with Gasteiger partial charge in [0.15, 0.2) is 11.6 Å². The van der Waals surface area contributed by atoms with E-state index in [0.29, 0.717) is 17.9 Å². The zero-order valence-corrected chi connectivity index (χ0v) is 11.5. The zero-order valence-electron chi connectivity index (χ0n) is 11.5. The average molecular weight is 277 g/mol. The molecule has 2 rings (SSSR count). The first-order valence-corrected chi connectivity index (χ1v) is 6.49. The van der Waals surface area contributed by atoms with Gasteiger partial charge in [-0.15, -0.1) is 0 Å². The van der Waals surface area contributed by atoms with Crippen LogP contribution in [0.25, 0.3) is 11.1 Å². The predicted octanol–water partition coefficient (Wildman–Crippen LogP) is 3.75. The summed E-state index contributed by atoms with van der Waals surface area (Å²) in [5.41, 5.74) is 1.81. The van der Waals surface area contributed by atoms with Gasteiger partial charge in [-0.25, -0.2) is 8.78 Å².